The van der Waals surface area contributed by atoms with Crippen LogP contribution in [0.5, 0.6) is 0 Å². The molecule has 0 aliphatic heterocycles. The Hall–Kier alpha value is -4.43. The van der Waals surface area contributed by atoms with E-state index in [2.05, 4.69) is 4.98 Å². The predicted molar refractivity (Wildman–Crippen MR) is 146 cm³/mol. The maximum Gasteiger partial charge on any atom is 0.428 e. The molecule has 5 nitrogen and oxygen atoms in total. The third-order valence-corrected chi connectivity index (χ3v) is 7.32. The first-order chi connectivity index (χ1) is 19.0. The van der Waals surface area contributed by atoms with Gasteiger partial charge in [-0.15, -0.1) is 0 Å². The molecule has 3 N–H and O–H groups in total. The van der Waals surface area contributed by atoms with E-state index in [1.165, 1.54) is 18.5 Å². The lowest BCUT2D eigenvalue weighted by Gasteiger charge is -2.28. The van der Waals surface area contributed by atoms with E-state index in [0.717, 1.165) is 40.5 Å². The molecule has 0 saturated carbocycles. The Morgan fingerprint density at radius 2 is 1.60 bits per heavy atom. The quantitative estimate of drug-likeness (QED) is 0.240. The molecule has 204 valence electrons. The van der Waals surface area contributed by atoms with Gasteiger partial charge in [-0.1, -0.05) is 60.2 Å². The summed E-state index contributed by atoms with van der Waals surface area (Å²) in [6.45, 7) is 3.96. The molecule has 0 spiro atoms. The van der Waals surface area contributed by atoms with E-state index in [9.17, 15) is 23.1 Å². The van der Waals surface area contributed by atoms with Crippen molar-refractivity contribution in [2.45, 2.75) is 37.5 Å². The monoisotopic (exact) mass is 544 g/mol. The van der Waals surface area contributed by atoms with Gasteiger partial charge in [-0.05, 0) is 66.4 Å². The van der Waals surface area contributed by atoms with Gasteiger partial charge in [-0.2, -0.15) is 13.2 Å². The zero-order chi connectivity index (χ0) is 28.7. The number of aliphatic hydroxyl groups is 1. The zero-order valence-corrected chi connectivity index (χ0v) is 21.8. The summed E-state index contributed by atoms with van der Waals surface area (Å²) in [5, 5.41) is 11.3. The van der Waals surface area contributed by atoms with Crippen LogP contribution in [0.3, 0.4) is 0 Å². The van der Waals surface area contributed by atoms with Crippen LogP contribution in [0.2, 0.25) is 0 Å². The number of primary amides is 1. The molecular weight excluding hydrogens is 517 g/mol. The molecule has 0 bridgehead atoms. The van der Waals surface area contributed by atoms with Gasteiger partial charge in [-0.25, -0.2) is 0 Å². The van der Waals surface area contributed by atoms with Crippen LogP contribution in [0, 0.1) is 13.8 Å². The number of nitrogens with zero attached hydrogens (tertiary/aromatic N) is 1. The van der Waals surface area contributed by atoms with E-state index < -0.39 is 40.8 Å². The number of carbonyl (C=O) groups excluding carboxylic acids is 1. The highest BCUT2D eigenvalue weighted by Crippen LogP contribution is 2.46. The van der Waals surface area contributed by atoms with Gasteiger partial charge in [0.2, 0.25) is 11.5 Å². The van der Waals surface area contributed by atoms with Crippen LogP contribution >= 0.6 is 0 Å². The molecule has 0 radical (unpaired) electrons. The first-order valence-electron chi connectivity index (χ1n) is 12.7. The molecule has 0 fully saturated rings. The summed E-state index contributed by atoms with van der Waals surface area (Å²) in [6.07, 6.45) is -2.75. The third-order valence-electron chi connectivity index (χ3n) is 7.32. The number of nitrogens with two attached hydrogens (primary N) is 1. The van der Waals surface area contributed by atoms with Gasteiger partial charge < -0.3 is 15.3 Å². The van der Waals surface area contributed by atoms with Crippen molar-refractivity contribution in [3.8, 4) is 0 Å². The van der Waals surface area contributed by atoms with Gasteiger partial charge >= 0.3 is 6.18 Å². The second-order valence-electron chi connectivity index (χ2n) is 9.98. The average molecular weight is 545 g/mol. The van der Waals surface area contributed by atoms with Crippen molar-refractivity contribution >= 4 is 16.9 Å². The van der Waals surface area contributed by atoms with Gasteiger partial charge in [-0.3, -0.25) is 9.78 Å². The smallest absolute Gasteiger partial charge is 0.428 e. The Balaban J connectivity index is 1.67. The topological polar surface area (TPSA) is 89.4 Å². The molecule has 40 heavy (non-hydrogen) atoms. The molecule has 5 rings (SSSR count). The van der Waals surface area contributed by atoms with E-state index in [4.69, 9.17) is 10.2 Å². The number of hydrogen-bond acceptors (Lipinski definition) is 4. The maximum absolute atomic E-state index is 14.3. The van der Waals surface area contributed by atoms with Crippen molar-refractivity contribution < 1.29 is 27.5 Å². The van der Waals surface area contributed by atoms with Crippen LogP contribution in [0.4, 0.5) is 13.2 Å². The van der Waals surface area contributed by atoms with E-state index >= 15 is 0 Å². The van der Waals surface area contributed by atoms with Gasteiger partial charge in [0.1, 0.15) is 5.58 Å². The van der Waals surface area contributed by atoms with Crippen molar-refractivity contribution in [1.82, 2.24) is 4.98 Å². The molecule has 5 aromatic rings. The molecule has 3 atom stereocenters. The van der Waals surface area contributed by atoms with E-state index in [1.807, 2.05) is 62.4 Å². The van der Waals surface area contributed by atoms with Crippen LogP contribution in [-0.2, 0) is 10.4 Å². The summed E-state index contributed by atoms with van der Waals surface area (Å²) in [6, 6.07) is 23.5. The van der Waals surface area contributed by atoms with Gasteiger partial charge in [0.25, 0.3) is 0 Å². The van der Waals surface area contributed by atoms with Gasteiger partial charge in [0.15, 0.2) is 5.76 Å². The third kappa shape index (κ3) is 4.75. The fraction of sp³-hybridized carbons (Fsp3) is 0.188. The van der Waals surface area contributed by atoms with Crippen LogP contribution in [0.15, 0.2) is 102 Å². The first kappa shape index (κ1) is 27.1. The number of rotatable bonds is 7. The second-order valence-corrected chi connectivity index (χ2v) is 9.98. The molecule has 0 aliphatic carbocycles. The highest BCUT2D eigenvalue weighted by Gasteiger charge is 2.58. The fourth-order valence-corrected chi connectivity index (χ4v) is 5.38. The molecule has 3 aromatic carbocycles. The van der Waals surface area contributed by atoms with Crippen molar-refractivity contribution in [3.05, 3.63) is 136 Å². The molecule has 2 aromatic heterocycles. The Labute approximate surface area is 229 Å². The first-order valence-corrected chi connectivity index (χ1v) is 12.7. The Morgan fingerprint density at radius 1 is 0.900 bits per heavy atom. The summed E-state index contributed by atoms with van der Waals surface area (Å²) < 4.78 is 48.4. The summed E-state index contributed by atoms with van der Waals surface area (Å²) in [7, 11) is 0. The number of fused-ring (bicyclic) bond motifs is 1. The highest BCUT2D eigenvalue weighted by atomic mass is 19.4. The average Bonchev–Trinajstić information content (AvgIpc) is 3.35. The van der Waals surface area contributed by atoms with Crippen LogP contribution in [0.1, 0.15) is 51.0 Å². The Morgan fingerprint density at radius 3 is 2.23 bits per heavy atom. The lowest BCUT2D eigenvalue weighted by Crippen LogP contribution is -2.43. The van der Waals surface area contributed by atoms with Crippen molar-refractivity contribution in [2.24, 2.45) is 5.73 Å². The largest absolute Gasteiger partial charge is 0.457 e. The van der Waals surface area contributed by atoms with E-state index in [0.29, 0.717) is 10.9 Å². The predicted octanol–water partition coefficient (Wildman–Crippen LogP) is 6.64. The Kier molecular flexibility index (Phi) is 6.98. The highest BCUT2D eigenvalue weighted by molar-refractivity contribution is 5.87. The summed E-state index contributed by atoms with van der Waals surface area (Å²) in [5.74, 6) is -2.57. The minimum absolute atomic E-state index is 0.126. The number of benzene rings is 3. The van der Waals surface area contributed by atoms with E-state index in [-0.39, 0.29) is 5.58 Å². The minimum atomic E-state index is -5.08. The normalized spacial score (nSPS) is 14.9. The van der Waals surface area contributed by atoms with Crippen LogP contribution < -0.4 is 5.73 Å². The van der Waals surface area contributed by atoms with Crippen molar-refractivity contribution in [2.75, 3.05) is 0 Å². The van der Waals surface area contributed by atoms with Crippen molar-refractivity contribution in [3.63, 3.8) is 0 Å². The van der Waals surface area contributed by atoms with Crippen LogP contribution in [-0.4, -0.2) is 22.2 Å². The lowest BCUT2D eigenvalue weighted by molar-refractivity contribution is -0.253. The summed E-state index contributed by atoms with van der Waals surface area (Å²) in [5.41, 5.74) is 6.68. The standard InChI is InChI=1S/C32H27F3N2O3/c1-19-8-10-25(20(2)16-19)28(21-6-4-3-5-7-21)29(30(36)38)22-9-11-26-23(17-22)18-27(40-26)31(39,32(33,34)35)24-12-14-37-15-13-24/h3-18,28-29,39H,1-2H3,(H2,36,38)/t28-,29?,31?/m0/s1. The number of alkyl halides is 3. The van der Waals surface area contributed by atoms with Crippen LogP contribution in [0.25, 0.3) is 11.0 Å². The molecule has 2 heterocycles. The number of furan rings is 1. The molecule has 0 saturated heterocycles. The number of amides is 1. The minimum Gasteiger partial charge on any atom is -0.457 e. The number of halogens is 3. The Bertz CT molecular complexity index is 1670. The maximum atomic E-state index is 14.3. The second kappa shape index (κ2) is 10.3. The lowest BCUT2D eigenvalue weighted by atomic mass is 9.75. The van der Waals surface area contributed by atoms with Gasteiger partial charge in [0.05, 0.1) is 5.92 Å². The fourth-order valence-electron chi connectivity index (χ4n) is 5.38. The zero-order valence-electron chi connectivity index (χ0n) is 21.8. The molecular formula is C32H27F3N2O3. The number of aromatic nitrogens is 1. The van der Waals surface area contributed by atoms with E-state index in [1.54, 1.807) is 12.1 Å². The number of carbonyl (C=O) groups is 1. The number of aryl methyl sites for hydroxylation is 2. The molecule has 1 amide bonds. The number of pyridine rings is 1. The summed E-state index contributed by atoms with van der Waals surface area (Å²) >= 11 is 0. The molecule has 2 unspecified atom stereocenters. The van der Waals surface area contributed by atoms with Crippen molar-refractivity contribution in [1.29, 1.82) is 0 Å². The van der Waals surface area contributed by atoms with Gasteiger partial charge in [0, 0.05) is 29.3 Å². The SMILES string of the molecule is Cc1ccc([C@H](c2ccccc2)C(C(N)=O)c2ccc3oc(C(O)(c4ccncc4)C(F)(F)F)cc3c2)c(C)c1. The molecule has 0 aliphatic rings. The number of hydrogen-bond donors (Lipinski definition) is 2. The summed E-state index contributed by atoms with van der Waals surface area (Å²) in [4.78, 5) is 16.8. The molecule has 8 heteroatoms.